The second-order valence-corrected chi connectivity index (χ2v) is 6.00. The summed E-state index contributed by atoms with van der Waals surface area (Å²) in [6, 6.07) is 8.69. The molecule has 0 spiro atoms. The SMILES string of the molecule is CN=C(NCC(C)SC)NC(C)c1ccccc1C.I. The van der Waals surface area contributed by atoms with E-state index in [9.17, 15) is 0 Å². The van der Waals surface area contributed by atoms with Crippen molar-refractivity contribution in [3.8, 4) is 0 Å². The third kappa shape index (κ3) is 6.35. The van der Waals surface area contributed by atoms with Gasteiger partial charge in [0.1, 0.15) is 0 Å². The number of rotatable bonds is 5. The van der Waals surface area contributed by atoms with Crippen molar-refractivity contribution in [2.45, 2.75) is 32.1 Å². The summed E-state index contributed by atoms with van der Waals surface area (Å²) >= 11 is 1.85. The molecule has 0 aromatic heterocycles. The Morgan fingerprint density at radius 2 is 1.95 bits per heavy atom. The van der Waals surface area contributed by atoms with Crippen LogP contribution >= 0.6 is 35.7 Å². The normalized spacial score (nSPS) is 14.2. The fraction of sp³-hybridized carbons (Fsp3) is 0.533. The molecule has 0 radical (unpaired) electrons. The van der Waals surface area contributed by atoms with Gasteiger partial charge in [-0.05, 0) is 31.2 Å². The Morgan fingerprint density at radius 3 is 2.50 bits per heavy atom. The Morgan fingerprint density at radius 1 is 1.30 bits per heavy atom. The van der Waals surface area contributed by atoms with Crippen LogP contribution in [0.15, 0.2) is 29.3 Å². The Bertz CT molecular complexity index is 423. The fourth-order valence-corrected chi connectivity index (χ4v) is 2.12. The van der Waals surface area contributed by atoms with Gasteiger partial charge in [-0.2, -0.15) is 11.8 Å². The maximum absolute atomic E-state index is 4.27. The average Bonchev–Trinajstić information content (AvgIpc) is 2.43. The minimum Gasteiger partial charge on any atom is -0.355 e. The standard InChI is InChI=1S/C15H25N3S.HI/c1-11-8-6-7-9-14(11)13(3)18-15(16-4)17-10-12(2)19-5;/h6-9,12-13H,10H2,1-5H3,(H2,16,17,18);1H. The van der Waals surface area contributed by atoms with Crippen molar-refractivity contribution in [2.75, 3.05) is 19.8 Å². The quantitative estimate of drug-likeness (QED) is 0.445. The lowest BCUT2D eigenvalue weighted by atomic mass is 10.0. The van der Waals surface area contributed by atoms with Gasteiger partial charge in [0.05, 0.1) is 6.04 Å². The molecule has 0 saturated heterocycles. The van der Waals surface area contributed by atoms with E-state index in [1.165, 1.54) is 11.1 Å². The van der Waals surface area contributed by atoms with Crippen molar-refractivity contribution in [1.29, 1.82) is 0 Å². The molecule has 1 aromatic rings. The van der Waals surface area contributed by atoms with E-state index in [2.05, 4.69) is 66.9 Å². The number of benzene rings is 1. The van der Waals surface area contributed by atoms with Crippen LogP contribution < -0.4 is 10.6 Å². The van der Waals surface area contributed by atoms with E-state index < -0.39 is 0 Å². The molecule has 1 rings (SSSR count). The highest BCUT2D eigenvalue weighted by atomic mass is 127. The summed E-state index contributed by atoms with van der Waals surface area (Å²) < 4.78 is 0. The molecule has 1 aromatic carbocycles. The number of aryl methyl sites for hydroxylation is 1. The molecular formula is C15H26IN3S. The largest absolute Gasteiger partial charge is 0.355 e. The highest BCUT2D eigenvalue weighted by Crippen LogP contribution is 2.16. The third-order valence-electron chi connectivity index (χ3n) is 3.19. The van der Waals surface area contributed by atoms with E-state index in [1.54, 1.807) is 0 Å². The maximum atomic E-state index is 4.27. The second kappa shape index (κ2) is 10.3. The van der Waals surface area contributed by atoms with Gasteiger partial charge < -0.3 is 10.6 Å². The van der Waals surface area contributed by atoms with Gasteiger partial charge in [-0.15, -0.1) is 24.0 Å². The first kappa shape index (κ1) is 19.6. The van der Waals surface area contributed by atoms with Gasteiger partial charge in [0.15, 0.2) is 5.96 Å². The smallest absolute Gasteiger partial charge is 0.191 e. The van der Waals surface area contributed by atoms with Crippen LogP contribution in [-0.4, -0.2) is 31.1 Å². The molecule has 5 heteroatoms. The molecule has 0 fully saturated rings. The molecule has 0 aliphatic carbocycles. The lowest BCUT2D eigenvalue weighted by molar-refractivity contribution is 0.680. The maximum Gasteiger partial charge on any atom is 0.191 e. The van der Waals surface area contributed by atoms with Gasteiger partial charge in [-0.3, -0.25) is 4.99 Å². The first-order chi connectivity index (χ1) is 9.08. The number of halogens is 1. The lowest BCUT2D eigenvalue weighted by Gasteiger charge is -2.20. The topological polar surface area (TPSA) is 36.4 Å². The highest BCUT2D eigenvalue weighted by Gasteiger charge is 2.10. The third-order valence-corrected chi connectivity index (χ3v) is 4.16. The van der Waals surface area contributed by atoms with Crippen LogP contribution in [0, 0.1) is 6.92 Å². The van der Waals surface area contributed by atoms with Crippen LogP contribution in [0.4, 0.5) is 0 Å². The summed E-state index contributed by atoms with van der Waals surface area (Å²) in [5.74, 6) is 0.858. The van der Waals surface area contributed by atoms with E-state index in [-0.39, 0.29) is 30.0 Å². The number of nitrogens with zero attached hydrogens (tertiary/aromatic N) is 1. The van der Waals surface area contributed by atoms with Gasteiger partial charge in [-0.25, -0.2) is 0 Å². The molecule has 0 bridgehead atoms. The number of thioether (sulfide) groups is 1. The van der Waals surface area contributed by atoms with Crippen molar-refractivity contribution >= 4 is 41.7 Å². The van der Waals surface area contributed by atoms with E-state index in [0.29, 0.717) is 5.25 Å². The number of guanidine groups is 1. The molecule has 3 nitrogen and oxygen atoms in total. The van der Waals surface area contributed by atoms with Crippen LogP contribution in [0.3, 0.4) is 0 Å². The molecule has 2 N–H and O–H groups in total. The summed E-state index contributed by atoms with van der Waals surface area (Å²) in [7, 11) is 1.81. The van der Waals surface area contributed by atoms with Crippen LogP contribution in [0.1, 0.15) is 31.0 Å². The zero-order valence-electron chi connectivity index (χ0n) is 12.9. The summed E-state index contributed by atoms with van der Waals surface area (Å²) in [6.45, 7) is 7.42. The predicted molar refractivity (Wildman–Crippen MR) is 102 cm³/mol. The summed E-state index contributed by atoms with van der Waals surface area (Å²) in [5, 5.41) is 7.37. The van der Waals surface area contributed by atoms with Gasteiger partial charge in [0.25, 0.3) is 0 Å². The van der Waals surface area contributed by atoms with Gasteiger partial charge in [-0.1, -0.05) is 31.2 Å². The molecule has 0 aliphatic heterocycles. The average molecular weight is 407 g/mol. The molecule has 0 amide bonds. The second-order valence-electron chi connectivity index (χ2n) is 4.72. The van der Waals surface area contributed by atoms with Crippen molar-refractivity contribution in [2.24, 2.45) is 4.99 Å². The number of hydrogen-bond donors (Lipinski definition) is 2. The Labute approximate surface area is 144 Å². The fourth-order valence-electron chi connectivity index (χ4n) is 1.87. The molecule has 0 aliphatic rings. The number of aliphatic imine (C=N–C) groups is 1. The van der Waals surface area contributed by atoms with E-state index >= 15 is 0 Å². The monoisotopic (exact) mass is 407 g/mol. The van der Waals surface area contributed by atoms with Crippen LogP contribution in [0.5, 0.6) is 0 Å². The molecule has 0 heterocycles. The Balaban J connectivity index is 0.00000361. The zero-order valence-corrected chi connectivity index (χ0v) is 16.1. The highest BCUT2D eigenvalue weighted by molar-refractivity contribution is 14.0. The molecule has 2 unspecified atom stereocenters. The van der Waals surface area contributed by atoms with Crippen molar-refractivity contribution in [1.82, 2.24) is 10.6 Å². The molecule has 20 heavy (non-hydrogen) atoms. The number of nitrogens with one attached hydrogen (secondary N) is 2. The van der Waals surface area contributed by atoms with E-state index in [0.717, 1.165) is 12.5 Å². The minimum absolute atomic E-state index is 0. The molecular weight excluding hydrogens is 381 g/mol. The first-order valence-corrected chi connectivity index (χ1v) is 7.92. The lowest BCUT2D eigenvalue weighted by Crippen LogP contribution is -2.41. The molecule has 2 atom stereocenters. The summed E-state index contributed by atoms with van der Waals surface area (Å²) in [4.78, 5) is 4.27. The Hall–Kier alpha value is -0.430. The van der Waals surface area contributed by atoms with Crippen molar-refractivity contribution in [3.05, 3.63) is 35.4 Å². The van der Waals surface area contributed by atoms with Gasteiger partial charge in [0.2, 0.25) is 0 Å². The van der Waals surface area contributed by atoms with E-state index in [4.69, 9.17) is 0 Å². The van der Waals surface area contributed by atoms with Crippen LogP contribution in [-0.2, 0) is 0 Å². The molecule has 0 saturated carbocycles. The van der Waals surface area contributed by atoms with Crippen LogP contribution in [0.25, 0.3) is 0 Å². The first-order valence-electron chi connectivity index (χ1n) is 6.64. The summed E-state index contributed by atoms with van der Waals surface area (Å²) in [5.41, 5.74) is 2.61. The van der Waals surface area contributed by atoms with Gasteiger partial charge in [0, 0.05) is 18.8 Å². The Kier molecular flexibility index (Phi) is 10.1. The predicted octanol–water partition coefficient (Wildman–Crippen LogP) is 3.59. The van der Waals surface area contributed by atoms with Crippen LogP contribution in [0.2, 0.25) is 0 Å². The van der Waals surface area contributed by atoms with E-state index in [1.807, 2.05) is 18.8 Å². The van der Waals surface area contributed by atoms with Gasteiger partial charge >= 0.3 is 0 Å². The molecule has 114 valence electrons. The zero-order chi connectivity index (χ0) is 14.3. The summed E-state index contributed by atoms with van der Waals surface area (Å²) in [6.07, 6.45) is 2.12. The van der Waals surface area contributed by atoms with Crippen molar-refractivity contribution in [3.63, 3.8) is 0 Å². The minimum atomic E-state index is 0. The van der Waals surface area contributed by atoms with Crippen molar-refractivity contribution < 1.29 is 0 Å². The number of hydrogen-bond acceptors (Lipinski definition) is 2.